The zero-order chi connectivity index (χ0) is 12.0. The fourth-order valence-corrected chi connectivity index (χ4v) is 1.21. The number of amides is 1. The van der Waals surface area contributed by atoms with Gasteiger partial charge in [-0.2, -0.15) is 0 Å². The predicted molar refractivity (Wildman–Crippen MR) is 65.0 cm³/mol. The van der Waals surface area contributed by atoms with E-state index in [0.717, 1.165) is 11.3 Å². The molecule has 0 saturated heterocycles. The van der Waals surface area contributed by atoms with Crippen LogP contribution in [-0.2, 0) is 9.53 Å². The highest BCUT2D eigenvalue weighted by Crippen LogP contribution is 2.17. The van der Waals surface area contributed by atoms with Crippen LogP contribution in [0.5, 0.6) is 0 Å². The van der Waals surface area contributed by atoms with Crippen LogP contribution in [0.2, 0.25) is 0 Å². The van der Waals surface area contributed by atoms with Gasteiger partial charge in [-0.1, -0.05) is 0 Å². The van der Waals surface area contributed by atoms with Crippen molar-refractivity contribution in [1.82, 2.24) is 0 Å². The highest BCUT2D eigenvalue weighted by Gasteiger charge is 2.01. The normalized spacial score (nSPS) is 10.4. The number of anilines is 2. The summed E-state index contributed by atoms with van der Waals surface area (Å²) < 4.78 is 4.93. The second-order valence-electron chi connectivity index (χ2n) is 3.32. The fraction of sp³-hybridized carbons (Fsp3) is 0.250. The minimum Gasteiger partial charge on any atom is -0.501 e. The van der Waals surface area contributed by atoms with Gasteiger partial charge >= 0.3 is 0 Å². The molecule has 0 aliphatic heterocycles. The molecule has 1 aromatic carbocycles. The monoisotopic (exact) mass is 220 g/mol. The Morgan fingerprint density at radius 1 is 1.56 bits per heavy atom. The molecule has 16 heavy (non-hydrogen) atoms. The summed E-state index contributed by atoms with van der Waals surface area (Å²) in [4.78, 5) is 11.4. The molecule has 1 aromatic rings. The molecule has 4 heteroatoms. The van der Waals surface area contributed by atoms with Gasteiger partial charge in [0.25, 0.3) is 5.91 Å². The predicted octanol–water partition coefficient (Wildman–Crippen LogP) is 2.07. The molecule has 1 rings (SSSR count). The van der Waals surface area contributed by atoms with Crippen molar-refractivity contribution in [2.75, 3.05) is 17.7 Å². The van der Waals surface area contributed by atoms with Crippen molar-refractivity contribution in [3.05, 3.63) is 36.1 Å². The fourth-order valence-electron chi connectivity index (χ4n) is 1.21. The highest BCUT2D eigenvalue weighted by molar-refractivity contribution is 5.99. The van der Waals surface area contributed by atoms with Crippen molar-refractivity contribution in [3.63, 3.8) is 0 Å². The van der Waals surface area contributed by atoms with Crippen molar-refractivity contribution in [3.8, 4) is 0 Å². The summed E-state index contributed by atoms with van der Waals surface area (Å²) in [5.74, 6) is -0.221. The summed E-state index contributed by atoms with van der Waals surface area (Å²) in [7, 11) is 0. The van der Waals surface area contributed by atoms with Gasteiger partial charge in [0.1, 0.15) is 0 Å². The number of carbonyl (C=O) groups is 1. The molecule has 1 amide bonds. The number of hydrogen-bond donors (Lipinski definition) is 2. The quantitative estimate of drug-likeness (QED) is 0.464. The molecule has 0 unspecified atom stereocenters. The maximum atomic E-state index is 11.4. The van der Waals surface area contributed by atoms with Crippen molar-refractivity contribution in [1.29, 1.82) is 0 Å². The Morgan fingerprint density at radius 2 is 2.31 bits per heavy atom. The van der Waals surface area contributed by atoms with E-state index in [-0.39, 0.29) is 5.91 Å². The van der Waals surface area contributed by atoms with E-state index in [2.05, 4.69) is 5.32 Å². The first kappa shape index (κ1) is 12.1. The third kappa shape index (κ3) is 3.65. The molecular weight excluding hydrogens is 204 g/mol. The van der Waals surface area contributed by atoms with Crippen LogP contribution in [0.1, 0.15) is 12.5 Å². The lowest BCUT2D eigenvalue weighted by molar-refractivity contribution is -0.112. The number of nitrogens with one attached hydrogen (secondary N) is 1. The molecule has 0 aliphatic carbocycles. The molecule has 0 atom stereocenters. The minimum atomic E-state index is -0.221. The molecule has 0 spiro atoms. The molecule has 0 fully saturated rings. The van der Waals surface area contributed by atoms with Gasteiger partial charge in [0.15, 0.2) is 0 Å². The zero-order valence-electron chi connectivity index (χ0n) is 9.49. The molecule has 4 nitrogen and oxygen atoms in total. The zero-order valence-corrected chi connectivity index (χ0v) is 9.49. The smallest absolute Gasteiger partial charge is 0.251 e. The second-order valence-corrected chi connectivity index (χ2v) is 3.32. The summed E-state index contributed by atoms with van der Waals surface area (Å²) in [6, 6.07) is 5.33. The van der Waals surface area contributed by atoms with Crippen LogP contribution in [0, 0.1) is 6.92 Å². The number of nitrogen functional groups attached to an aromatic ring is 1. The molecular formula is C12H16N2O2. The number of ether oxygens (including phenoxy) is 1. The summed E-state index contributed by atoms with van der Waals surface area (Å²) in [5.41, 5.74) is 7.97. The van der Waals surface area contributed by atoms with Gasteiger partial charge in [-0.15, -0.1) is 0 Å². The second kappa shape index (κ2) is 5.80. The van der Waals surface area contributed by atoms with Crippen molar-refractivity contribution in [2.24, 2.45) is 0 Å². The lowest BCUT2D eigenvalue weighted by Gasteiger charge is -2.06. The summed E-state index contributed by atoms with van der Waals surface area (Å²) in [6.07, 6.45) is 2.72. The molecule has 0 aromatic heterocycles. The van der Waals surface area contributed by atoms with Crippen LogP contribution in [0.15, 0.2) is 30.5 Å². The van der Waals surface area contributed by atoms with Crippen LogP contribution in [-0.4, -0.2) is 12.5 Å². The van der Waals surface area contributed by atoms with Crippen LogP contribution in [0.3, 0.4) is 0 Å². The maximum Gasteiger partial charge on any atom is 0.251 e. The lowest BCUT2D eigenvalue weighted by Crippen LogP contribution is -2.09. The van der Waals surface area contributed by atoms with Crippen molar-refractivity contribution in [2.45, 2.75) is 13.8 Å². The van der Waals surface area contributed by atoms with E-state index in [1.54, 1.807) is 12.1 Å². The van der Waals surface area contributed by atoms with E-state index < -0.39 is 0 Å². The molecule has 0 radical (unpaired) electrons. The first-order chi connectivity index (χ1) is 7.63. The average molecular weight is 220 g/mol. The standard InChI is InChI=1S/C12H16N2O2/c1-3-16-7-6-12(15)14-11-5-4-10(13)8-9(11)2/h4-8H,3,13H2,1-2H3,(H,14,15)/b7-6+. The molecule has 0 bridgehead atoms. The van der Waals surface area contributed by atoms with E-state index in [1.165, 1.54) is 12.3 Å². The van der Waals surface area contributed by atoms with Gasteiger partial charge in [0.05, 0.1) is 12.9 Å². The van der Waals surface area contributed by atoms with E-state index in [9.17, 15) is 4.79 Å². The first-order valence-electron chi connectivity index (χ1n) is 5.08. The Kier molecular flexibility index (Phi) is 4.39. The lowest BCUT2D eigenvalue weighted by atomic mass is 10.2. The van der Waals surface area contributed by atoms with Gasteiger partial charge in [-0.3, -0.25) is 4.79 Å². The molecule has 86 valence electrons. The van der Waals surface area contributed by atoms with Crippen molar-refractivity contribution < 1.29 is 9.53 Å². The van der Waals surface area contributed by atoms with E-state index in [4.69, 9.17) is 10.5 Å². The van der Waals surface area contributed by atoms with E-state index in [0.29, 0.717) is 12.3 Å². The largest absolute Gasteiger partial charge is 0.501 e. The van der Waals surface area contributed by atoms with Crippen LogP contribution in [0.4, 0.5) is 11.4 Å². The Balaban J connectivity index is 2.63. The third-order valence-corrected chi connectivity index (χ3v) is 1.99. The van der Waals surface area contributed by atoms with Gasteiger partial charge < -0.3 is 15.8 Å². The van der Waals surface area contributed by atoms with Gasteiger partial charge in [0.2, 0.25) is 0 Å². The Hall–Kier alpha value is -1.97. The maximum absolute atomic E-state index is 11.4. The minimum absolute atomic E-state index is 0.221. The molecule has 3 N–H and O–H groups in total. The van der Waals surface area contributed by atoms with Gasteiger partial charge in [0, 0.05) is 17.5 Å². The number of rotatable bonds is 4. The Bertz CT molecular complexity index is 400. The summed E-state index contributed by atoms with van der Waals surface area (Å²) >= 11 is 0. The molecule has 0 saturated carbocycles. The Labute approximate surface area is 95.1 Å². The number of carbonyl (C=O) groups excluding carboxylic acids is 1. The Morgan fingerprint density at radius 3 is 2.94 bits per heavy atom. The summed E-state index contributed by atoms with van der Waals surface area (Å²) in [5, 5.41) is 2.74. The molecule has 0 aliphatic rings. The summed E-state index contributed by atoms with van der Waals surface area (Å²) in [6.45, 7) is 4.29. The molecule has 0 heterocycles. The van der Waals surface area contributed by atoms with Gasteiger partial charge in [-0.25, -0.2) is 0 Å². The highest BCUT2D eigenvalue weighted by atomic mass is 16.5. The van der Waals surface area contributed by atoms with E-state index >= 15 is 0 Å². The van der Waals surface area contributed by atoms with Crippen LogP contribution in [0.25, 0.3) is 0 Å². The average Bonchev–Trinajstić information content (AvgIpc) is 2.23. The van der Waals surface area contributed by atoms with Crippen LogP contribution < -0.4 is 11.1 Å². The number of aryl methyl sites for hydroxylation is 1. The number of hydrogen-bond acceptors (Lipinski definition) is 3. The topological polar surface area (TPSA) is 64.3 Å². The number of benzene rings is 1. The SMILES string of the molecule is CCO/C=C/C(=O)Nc1ccc(N)cc1C. The van der Waals surface area contributed by atoms with Crippen molar-refractivity contribution >= 4 is 17.3 Å². The van der Waals surface area contributed by atoms with Gasteiger partial charge in [-0.05, 0) is 37.6 Å². The number of nitrogens with two attached hydrogens (primary N) is 1. The third-order valence-electron chi connectivity index (χ3n) is 1.99. The van der Waals surface area contributed by atoms with E-state index in [1.807, 2.05) is 19.9 Å². The van der Waals surface area contributed by atoms with Crippen LogP contribution >= 0.6 is 0 Å². The first-order valence-corrected chi connectivity index (χ1v) is 5.08.